The Bertz CT molecular complexity index is 933. The van der Waals surface area contributed by atoms with E-state index in [1.54, 1.807) is 27.4 Å². The summed E-state index contributed by atoms with van der Waals surface area (Å²) in [6.45, 7) is 1.91. The minimum absolute atomic E-state index is 0.189. The molecule has 3 rings (SSSR count). The van der Waals surface area contributed by atoms with Gasteiger partial charge >= 0.3 is 0 Å². The largest absolute Gasteiger partial charge is 0.497 e. The molecule has 1 atom stereocenters. The Balaban J connectivity index is 1.81. The van der Waals surface area contributed by atoms with Crippen LogP contribution in [0.4, 0.5) is 0 Å². The molecule has 136 valence electrons. The van der Waals surface area contributed by atoms with Gasteiger partial charge in [0.2, 0.25) is 0 Å². The summed E-state index contributed by atoms with van der Waals surface area (Å²) in [6.07, 6.45) is 0. The number of fused-ring (bicyclic) bond motifs is 1. The number of hydrogen-bond acceptors (Lipinski definition) is 4. The topological polar surface area (TPSA) is 72.6 Å². The summed E-state index contributed by atoms with van der Waals surface area (Å²) in [5.41, 5.74) is 2.22. The highest BCUT2D eigenvalue weighted by molar-refractivity contribution is 5.98. The number of benzene rings is 2. The average molecular weight is 354 g/mol. The van der Waals surface area contributed by atoms with Crippen molar-refractivity contribution in [2.75, 3.05) is 21.3 Å². The van der Waals surface area contributed by atoms with Gasteiger partial charge in [-0.2, -0.15) is 0 Å². The van der Waals surface area contributed by atoms with E-state index in [1.807, 2.05) is 43.3 Å². The van der Waals surface area contributed by atoms with Crippen molar-refractivity contribution in [2.45, 2.75) is 13.0 Å². The maximum Gasteiger partial charge on any atom is 0.268 e. The molecule has 6 nitrogen and oxygen atoms in total. The van der Waals surface area contributed by atoms with Crippen molar-refractivity contribution in [1.82, 2.24) is 10.3 Å². The Hall–Kier alpha value is -3.15. The van der Waals surface area contributed by atoms with Crippen LogP contribution in [0.1, 0.15) is 29.0 Å². The van der Waals surface area contributed by atoms with Crippen molar-refractivity contribution in [2.24, 2.45) is 0 Å². The van der Waals surface area contributed by atoms with E-state index in [9.17, 15) is 4.79 Å². The zero-order chi connectivity index (χ0) is 18.7. The highest BCUT2D eigenvalue weighted by Crippen LogP contribution is 2.29. The van der Waals surface area contributed by atoms with Gasteiger partial charge in [0, 0.05) is 28.6 Å². The molecule has 0 aliphatic carbocycles. The third kappa shape index (κ3) is 3.44. The molecule has 0 aliphatic heterocycles. The Morgan fingerprint density at radius 3 is 2.35 bits per heavy atom. The maximum absolute atomic E-state index is 12.6. The van der Waals surface area contributed by atoms with Crippen LogP contribution < -0.4 is 19.5 Å². The van der Waals surface area contributed by atoms with Gasteiger partial charge in [-0.3, -0.25) is 4.79 Å². The molecule has 0 saturated carbocycles. The number of amides is 1. The van der Waals surface area contributed by atoms with Gasteiger partial charge in [-0.05, 0) is 37.3 Å². The molecule has 1 amide bonds. The molecule has 26 heavy (non-hydrogen) atoms. The lowest BCUT2D eigenvalue weighted by Crippen LogP contribution is -2.27. The van der Waals surface area contributed by atoms with E-state index < -0.39 is 0 Å². The third-order valence-corrected chi connectivity index (χ3v) is 4.33. The lowest BCUT2D eigenvalue weighted by atomic mass is 10.1. The zero-order valence-corrected chi connectivity index (χ0v) is 15.3. The van der Waals surface area contributed by atoms with E-state index >= 15 is 0 Å². The number of H-pyrrole nitrogens is 1. The Morgan fingerprint density at radius 2 is 1.65 bits per heavy atom. The molecule has 1 unspecified atom stereocenters. The number of aromatic amines is 1. The molecule has 0 radical (unpaired) electrons. The van der Waals surface area contributed by atoms with Crippen LogP contribution in [0.15, 0.2) is 42.5 Å². The van der Waals surface area contributed by atoms with Gasteiger partial charge in [0.15, 0.2) is 0 Å². The summed E-state index contributed by atoms with van der Waals surface area (Å²) in [4.78, 5) is 15.8. The second-order valence-electron chi connectivity index (χ2n) is 5.94. The normalized spacial score (nSPS) is 11.8. The number of carbonyl (C=O) groups excluding carboxylic acids is 1. The van der Waals surface area contributed by atoms with Crippen molar-refractivity contribution >= 4 is 16.8 Å². The highest BCUT2D eigenvalue weighted by atomic mass is 16.5. The van der Waals surface area contributed by atoms with Crippen LogP contribution in [0.3, 0.4) is 0 Å². The monoisotopic (exact) mass is 354 g/mol. The molecule has 3 aromatic rings. The number of aromatic nitrogens is 1. The SMILES string of the molecule is COc1ccc(C(C)NC(=O)c2cc3ccc(OC)cc3[nH]2)c(OC)c1. The first kappa shape index (κ1) is 17.7. The van der Waals surface area contributed by atoms with Crippen LogP contribution in [-0.2, 0) is 0 Å². The van der Waals surface area contributed by atoms with Crippen LogP contribution in [0.25, 0.3) is 10.9 Å². The van der Waals surface area contributed by atoms with E-state index in [0.29, 0.717) is 17.2 Å². The predicted molar refractivity (Wildman–Crippen MR) is 100 cm³/mol. The van der Waals surface area contributed by atoms with Gasteiger partial charge in [0.05, 0.1) is 27.4 Å². The summed E-state index contributed by atoms with van der Waals surface area (Å²) >= 11 is 0. The first-order valence-electron chi connectivity index (χ1n) is 8.25. The summed E-state index contributed by atoms with van der Waals surface area (Å²) in [5, 5.41) is 3.94. The quantitative estimate of drug-likeness (QED) is 0.708. The molecular weight excluding hydrogens is 332 g/mol. The fourth-order valence-corrected chi connectivity index (χ4v) is 2.88. The standard InChI is InChI=1S/C20H22N2O4/c1-12(16-8-7-15(25-3)11-19(16)26-4)21-20(23)18-9-13-5-6-14(24-2)10-17(13)22-18/h5-12,22H,1-4H3,(H,21,23). The molecule has 1 aromatic heterocycles. The van der Waals surface area contributed by atoms with Crippen LogP contribution in [0.2, 0.25) is 0 Å². The van der Waals surface area contributed by atoms with Crippen molar-refractivity contribution in [3.05, 3.63) is 53.7 Å². The molecule has 0 fully saturated rings. The molecule has 1 heterocycles. The Labute approximate surface area is 152 Å². The fraction of sp³-hybridized carbons (Fsp3) is 0.250. The number of methoxy groups -OCH3 is 3. The Morgan fingerprint density at radius 1 is 0.962 bits per heavy atom. The average Bonchev–Trinajstić information content (AvgIpc) is 3.10. The first-order valence-corrected chi connectivity index (χ1v) is 8.25. The summed E-state index contributed by atoms with van der Waals surface area (Å²) in [6, 6.07) is 12.8. The van der Waals surface area contributed by atoms with Gasteiger partial charge in [-0.25, -0.2) is 0 Å². The minimum Gasteiger partial charge on any atom is -0.497 e. The van der Waals surface area contributed by atoms with Crippen molar-refractivity contribution in [3.8, 4) is 17.2 Å². The van der Waals surface area contributed by atoms with Crippen molar-refractivity contribution < 1.29 is 19.0 Å². The lowest BCUT2D eigenvalue weighted by Gasteiger charge is -2.17. The van der Waals surface area contributed by atoms with Crippen LogP contribution >= 0.6 is 0 Å². The van der Waals surface area contributed by atoms with Crippen LogP contribution in [0.5, 0.6) is 17.2 Å². The van der Waals surface area contributed by atoms with Gasteiger partial charge < -0.3 is 24.5 Å². The number of nitrogens with one attached hydrogen (secondary N) is 2. The number of carbonyl (C=O) groups is 1. The molecule has 0 saturated heterocycles. The molecule has 0 aliphatic rings. The first-order chi connectivity index (χ1) is 12.5. The Kier molecular flexibility index (Phi) is 5.02. The molecule has 2 N–H and O–H groups in total. The summed E-state index contributed by atoms with van der Waals surface area (Å²) in [7, 11) is 4.81. The van der Waals surface area contributed by atoms with Crippen molar-refractivity contribution in [1.29, 1.82) is 0 Å². The van der Waals surface area contributed by atoms with Gasteiger partial charge in [0.1, 0.15) is 22.9 Å². The highest BCUT2D eigenvalue weighted by Gasteiger charge is 2.17. The van der Waals surface area contributed by atoms with E-state index in [4.69, 9.17) is 14.2 Å². The summed E-state index contributed by atoms with van der Waals surface area (Å²) < 4.78 is 15.8. The van der Waals surface area contributed by atoms with Crippen LogP contribution in [0, 0.1) is 0 Å². The molecular formula is C20H22N2O4. The van der Waals surface area contributed by atoms with E-state index in [0.717, 1.165) is 22.2 Å². The molecule has 2 aromatic carbocycles. The maximum atomic E-state index is 12.6. The van der Waals surface area contributed by atoms with E-state index in [2.05, 4.69) is 10.3 Å². The van der Waals surface area contributed by atoms with Gasteiger partial charge in [-0.1, -0.05) is 0 Å². The number of hydrogen-bond donors (Lipinski definition) is 2. The zero-order valence-electron chi connectivity index (χ0n) is 15.3. The number of ether oxygens (including phenoxy) is 3. The van der Waals surface area contributed by atoms with E-state index in [1.165, 1.54) is 0 Å². The molecule has 0 spiro atoms. The van der Waals surface area contributed by atoms with Crippen LogP contribution in [-0.4, -0.2) is 32.2 Å². The second kappa shape index (κ2) is 7.39. The predicted octanol–water partition coefficient (Wildman–Crippen LogP) is 3.68. The smallest absolute Gasteiger partial charge is 0.268 e. The fourth-order valence-electron chi connectivity index (χ4n) is 2.88. The third-order valence-electron chi connectivity index (χ3n) is 4.33. The minimum atomic E-state index is -0.232. The van der Waals surface area contributed by atoms with Gasteiger partial charge in [0.25, 0.3) is 5.91 Å². The molecule has 6 heteroatoms. The van der Waals surface area contributed by atoms with Crippen molar-refractivity contribution in [3.63, 3.8) is 0 Å². The molecule has 0 bridgehead atoms. The van der Waals surface area contributed by atoms with Gasteiger partial charge in [-0.15, -0.1) is 0 Å². The van der Waals surface area contributed by atoms with E-state index in [-0.39, 0.29) is 11.9 Å². The lowest BCUT2D eigenvalue weighted by molar-refractivity contribution is 0.0935. The summed E-state index contributed by atoms with van der Waals surface area (Å²) in [5.74, 6) is 1.92. The number of rotatable bonds is 6. The second-order valence-corrected chi connectivity index (χ2v) is 5.94.